The zero-order chi connectivity index (χ0) is 21.3. The first-order valence-electron chi connectivity index (χ1n) is 8.86. The molecule has 0 bridgehead atoms. The Bertz CT molecular complexity index is 1010. The molecule has 1 aliphatic carbocycles. The fourth-order valence-electron chi connectivity index (χ4n) is 3.19. The van der Waals surface area contributed by atoms with E-state index in [1.165, 1.54) is 12.1 Å². The molecule has 0 unspecified atom stereocenters. The summed E-state index contributed by atoms with van der Waals surface area (Å²) >= 11 is 5.93. The van der Waals surface area contributed by atoms with Gasteiger partial charge in [0.05, 0.1) is 11.3 Å². The molecular weight excluding hydrogens is 409 g/mol. The van der Waals surface area contributed by atoms with Gasteiger partial charge in [0.25, 0.3) is 11.8 Å². The van der Waals surface area contributed by atoms with Gasteiger partial charge in [-0.1, -0.05) is 17.7 Å². The van der Waals surface area contributed by atoms with Crippen LogP contribution in [0.3, 0.4) is 0 Å². The van der Waals surface area contributed by atoms with Gasteiger partial charge in [0.15, 0.2) is 5.69 Å². The first kappa shape index (κ1) is 20.9. The number of halogens is 4. The van der Waals surface area contributed by atoms with Gasteiger partial charge in [-0.25, -0.2) is 4.68 Å². The second-order valence-electron chi connectivity index (χ2n) is 6.73. The number of amides is 2. The second kappa shape index (κ2) is 7.90. The van der Waals surface area contributed by atoms with Gasteiger partial charge in [-0.05, 0) is 50.3 Å². The molecule has 0 radical (unpaired) electrons. The van der Waals surface area contributed by atoms with Crippen molar-refractivity contribution in [3.05, 3.63) is 51.8 Å². The minimum atomic E-state index is -4.70. The molecule has 6 nitrogen and oxygen atoms in total. The first-order valence-corrected chi connectivity index (χ1v) is 9.23. The van der Waals surface area contributed by atoms with Crippen molar-refractivity contribution < 1.29 is 22.8 Å². The Hall–Kier alpha value is -2.81. The molecule has 1 heterocycles. The number of aromatic nitrogens is 2. The van der Waals surface area contributed by atoms with E-state index in [-0.39, 0.29) is 22.0 Å². The van der Waals surface area contributed by atoms with Gasteiger partial charge in [-0.3, -0.25) is 9.59 Å². The number of hydrogen-bond acceptors (Lipinski definition) is 3. The van der Waals surface area contributed by atoms with Crippen molar-refractivity contribution in [1.29, 1.82) is 0 Å². The molecule has 1 aromatic carbocycles. The highest BCUT2D eigenvalue weighted by molar-refractivity contribution is 6.31. The number of nitrogens with one attached hydrogen (secondary N) is 1. The quantitative estimate of drug-likeness (QED) is 0.746. The lowest BCUT2D eigenvalue weighted by atomic mass is 10.0. The summed E-state index contributed by atoms with van der Waals surface area (Å²) in [7, 11) is 0. The van der Waals surface area contributed by atoms with Crippen LogP contribution in [0.4, 0.5) is 18.9 Å². The van der Waals surface area contributed by atoms with E-state index in [2.05, 4.69) is 10.4 Å². The van der Waals surface area contributed by atoms with E-state index in [0.29, 0.717) is 30.2 Å². The normalized spacial score (nSPS) is 14.4. The summed E-state index contributed by atoms with van der Waals surface area (Å²) in [6.45, 7) is 1.59. The average molecular weight is 427 g/mol. The molecule has 3 rings (SSSR count). The van der Waals surface area contributed by atoms with E-state index in [4.69, 9.17) is 17.3 Å². The lowest BCUT2D eigenvalue weighted by Gasteiger charge is -2.16. The standard InChI is InChI=1S/C19H18ClF3N4O2/c1-10-7-11(20)8-13(17(24)28)16(10)25-18(29)14-9-15(19(21,22)23)26-27(14)12-5-3-2-4-6-12/h5,7-9H,2-4,6H2,1H3,(H2,24,28)(H,25,29). The summed E-state index contributed by atoms with van der Waals surface area (Å²) in [6.07, 6.45) is -0.0219. The van der Waals surface area contributed by atoms with Crippen molar-refractivity contribution in [3.63, 3.8) is 0 Å². The van der Waals surface area contributed by atoms with E-state index >= 15 is 0 Å². The van der Waals surface area contributed by atoms with Crippen LogP contribution in [0.5, 0.6) is 0 Å². The van der Waals surface area contributed by atoms with Crippen molar-refractivity contribution in [2.75, 3.05) is 5.32 Å². The number of alkyl halides is 3. The summed E-state index contributed by atoms with van der Waals surface area (Å²) in [5, 5.41) is 6.35. The van der Waals surface area contributed by atoms with Crippen molar-refractivity contribution in [1.82, 2.24) is 9.78 Å². The summed E-state index contributed by atoms with van der Waals surface area (Å²) in [6, 6.07) is 3.49. The molecule has 2 aromatic rings. The number of anilines is 1. The van der Waals surface area contributed by atoms with Gasteiger partial charge in [-0.2, -0.15) is 18.3 Å². The number of aryl methyl sites for hydroxylation is 1. The molecule has 0 saturated carbocycles. The van der Waals surface area contributed by atoms with E-state index in [0.717, 1.165) is 17.5 Å². The van der Waals surface area contributed by atoms with Crippen LogP contribution >= 0.6 is 11.6 Å². The third-order valence-corrected chi connectivity index (χ3v) is 4.79. The molecule has 0 saturated heterocycles. The fraction of sp³-hybridized carbons (Fsp3) is 0.316. The van der Waals surface area contributed by atoms with Crippen LogP contribution < -0.4 is 11.1 Å². The van der Waals surface area contributed by atoms with Gasteiger partial charge in [-0.15, -0.1) is 0 Å². The van der Waals surface area contributed by atoms with E-state index in [1.54, 1.807) is 13.0 Å². The molecule has 1 aromatic heterocycles. The Morgan fingerprint density at radius 2 is 1.97 bits per heavy atom. The van der Waals surface area contributed by atoms with E-state index in [1.807, 2.05) is 0 Å². The van der Waals surface area contributed by atoms with Crippen LogP contribution in [0.25, 0.3) is 5.70 Å². The SMILES string of the molecule is Cc1cc(Cl)cc(C(N)=O)c1NC(=O)c1cc(C(F)(F)F)nn1C1=CCCCC1. The monoisotopic (exact) mass is 426 g/mol. The average Bonchev–Trinajstić information content (AvgIpc) is 3.10. The van der Waals surface area contributed by atoms with Crippen LogP contribution in [-0.2, 0) is 6.18 Å². The predicted octanol–water partition coefficient (Wildman–Crippen LogP) is 4.63. The van der Waals surface area contributed by atoms with Crippen LogP contribution in [0.1, 0.15) is 57.8 Å². The highest BCUT2D eigenvalue weighted by Gasteiger charge is 2.36. The number of hydrogen-bond donors (Lipinski definition) is 2. The molecule has 29 heavy (non-hydrogen) atoms. The molecule has 3 N–H and O–H groups in total. The molecule has 10 heteroatoms. The Morgan fingerprint density at radius 1 is 1.24 bits per heavy atom. The fourth-order valence-corrected chi connectivity index (χ4v) is 3.47. The molecule has 0 aliphatic heterocycles. The molecule has 0 spiro atoms. The van der Waals surface area contributed by atoms with Crippen molar-refractivity contribution >= 4 is 34.8 Å². The number of carbonyl (C=O) groups is 2. The molecule has 154 valence electrons. The molecule has 0 fully saturated rings. The van der Waals surface area contributed by atoms with Crippen molar-refractivity contribution in [2.45, 2.75) is 38.8 Å². The Balaban J connectivity index is 2.05. The lowest BCUT2D eigenvalue weighted by Crippen LogP contribution is -2.22. The number of carbonyl (C=O) groups excluding carboxylic acids is 2. The number of allylic oxidation sites excluding steroid dienone is 2. The zero-order valence-electron chi connectivity index (χ0n) is 15.4. The first-order chi connectivity index (χ1) is 13.6. The van der Waals surface area contributed by atoms with Crippen LogP contribution in [-0.4, -0.2) is 21.6 Å². The second-order valence-corrected chi connectivity index (χ2v) is 7.17. The number of rotatable bonds is 4. The van der Waals surface area contributed by atoms with E-state index in [9.17, 15) is 22.8 Å². The number of primary amides is 1. The summed E-state index contributed by atoms with van der Waals surface area (Å²) in [5.41, 5.74) is 4.92. The van der Waals surface area contributed by atoms with Crippen molar-refractivity contribution in [3.8, 4) is 0 Å². The molecule has 2 amide bonds. The minimum absolute atomic E-state index is 0.0395. The largest absolute Gasteiger partial charge is 0.435 e. The van der Waals surface area contributed by atoms with Gasteiger partial charge in [0.2, 0.25) is 0 Å². The highest BCUT2D eigenvalue weighted by Crippen LogP contribution is 2.32. The molecule has 0 atom stereocenters. The summed E-state index contributed by atoms with van der Waals surface area (Å²) in [4.78, 5) is 24.6. The van der Waals surface area contributed by atoms with Crippen LogP contribution in [0.2, 0.25) is 5.02 Å². The number of nitrogens with two attached hydrogens (primary N) is 1. The maximum atomic E-state index is 13.2. The third-order valence-electron chi connectivity index (χ3n) is 4.58. The topological polar surface area (TPSA) is 90.0 Å². The van der Waals surface area contributed by atoms with Gasteiger partial charge in [0.1, 0.15) is 5.69 Å². The lowest BCUT2D eigenvalue weighted by molar-refractivity contribution is -0.141. The van der Waals surface area contributed by atoms with Gasteiger partial charge in [0, 0.05) is 16.8 Å². The maximum absolute atomic E-state index is 13.2. The number of benzene rings is 1. The Labute approximate surface area is 169 Å². The Morgan fingerprint density at radius 3 is 2.55 bits per heavy atom. The molecular formula is C19H18ClF3N4O2. The van der Waals surface area contributed by atoms with Crippen molar-refractivity contribution in [2.24, 2.45) is 5.73 Å². The third kappa shape index (κ3) is 4.45. The zero-order valence-corrected chi connectivity index (χ0v) is 16.2. The van der Waals surface area contributed by atoms with Crippen LogP contribution in [0, 0.1) is 6.92 Å². The highest BCUT2D eigenvalue weighted by atomic mass is 35.5. The Kier molecular flexibility index (Phi) is 5.70. The van der Waals surface area contributed by atoms with Gasteiger partial charge >= 0.3 is 6.18 Å². The van der Waals surface area contributed by atoms with Gasteiger partial charge < -0.3 is 11.1 Å². The predicted molar refractivity (Wildman–Crippen MR) is 103 cm³/mol. The van der Waals surface area contributed by atoms with Crippen LogP contribution in [0.15, 0.2) is 24.3 Å². The maximum Gasteiger partial charge on any atom is 0.435 e. The van der Waals surface area contributed by atoms with E-state index < -0.39 is 23.7 Å². The minimum Gasteiger partial charge on any atom is -0.366 e. The summed E-state index contributed by atoms with van der Waals surface area (Å²) < 4.78 is 40.7. The number of nitrogens with zero attached hydrogens (tertiary/aromatic N) is 2. The molecule has 1 aliphatic rings. The smallest absolute Gasteiger partial charge is 0.366 e. The summed E-state index contributed by atoms with van der Waals surface area (Å²) in [5.74, 6) is -1.67.